The van der Waals surface area contributed by atoms with E-state index in [1.165, 1.54) is 32.7 Å². The van der Waals surface area contributed by atoms with Gasteiger partial charge in [-0.1, -0.05) is 0 Å². The summed E-state index contributed by atoms with van der Waals surface area (Å²) in [6.07, 6.45) is 0. The molecule has 0 atom stereocenters. The van der Waals surface area contributed by atoms with Crippen LogP contribution in [0.15, 0.2) is 0 Å². The number of aliphatic hydroxyl groups excluding tert-OH is 1. The third-order valence-electron chi connectivity index (χ3n) is 3.18. The quantitative estimate of drug-likeness (QED) is 0.597. The van der Waals surface area contributed by atoms with Gasteiger partial charge in [-0.05, 0) is 5.92 Å². The Balaban J connectivity index is 1.58. The highest BCUT2D eigenvalue weighted by Gasteiger charge is 2.27. The van der Waals surface area contributed by atoms with Crippen molar-refractivity contribution < 1.29 is 5.11 Å². The number of hydrogen-bond acceptors (Lipinski definition) is 4. The zero-order valence-electron chi connectivity index (χ0n) is 8.78. The van der Waals surface area contributed by atoms with Crippen LogP contribution in [-0.4, -0.2) is 73.9 Å². The fourth-order valence-corrected chi connectivity index (χ4v) is 2.38. The van der Waals surface area contributed by atoms with Crippen LogP contribution in [0.3, 0.4) is 0 Å². The highest BCUT2D eigenvalue weighted by atomic mass is 16.3. The van der Waals surface area contributed by atoms with Gasteiger partial charge in [0, 0.05) is 52.4 Å². The number of β-amino-alcohol motifs (C(OH)–C–C–N with tert-alkyl or cyclic N) is 1. The minimum absolute atomic E-state index is 0.306. The van der Waals surface area contributed by atoms with E-state index in [-0.39, 0.29) is 0 Å². The van der Waals surface area contributed by atoms with E-state index in [1.54, 1.807) is 0 Å². The standard InChI is InChI=1S/C10H21N3O/c14-6-5-13-8-10(9-13)7-12-3-1-11-2-4-12/h10-11,14H,1-9H2. The van der Waals surface area contributed by atoms with Crippen molar-refractivity contribution in [3.63, 3.8) is 0 Å². The first-order valence-corrected chi connectivity index (χ1v) is 5.65. The number of piperazine rings is 1. The molecule has 2 N–H and O–H groups in total. The van der Waals surface area contributed by atoms with Crippen molar-refractivity contribution in [2.24, 2.45) is 5.92 Å². The summed E-state index contributed by atoms with van der Waals surface area (Å²) in [5.41, 5.74) is 0. The van der Waals surface area contributed by atoms with Crippen LogP contribution in [0.25, 0.3) is 0 Å². The molecule has 0 bridgehead atoms. The summed E-state index contributed by atoms with van der Waals surface area (Å²) in [4.78, 5) is 4.88. The summed E-state index contributed by atoms with van der Waals surface area (Å²) < 4.78 is 0. The lowest BCUT2D eigenvalue weighted by molar-refractivity contribution is 0.0497. The first-order chi connectivity index (χ1) is 6.88. The van der Waals surface area contributed by atoms with Gasteiger partial charge in [-0.15, -0.1) is 0 Å². The minimum atomic E-state index is 0.306. The molecule has 0 aromatic carbocycles. The van der Waals surface area contributed by atoms with Crippen LogP contribution < -0.4 is 5.32 Å². The van der Waals surface area contributed by atoms with E-state index in [2.05, 4.69) is 15.1 Å². The Bertz CT molecular complexity index is 165. The van der Waals surface area contributed by atoms with Gasteiger partial charge < -0.3 is 20.2 Å². The number of nitrogens with one attached hydrogen (secondary N) is 1. The maximum atomic E-state index is 8.75. The molecule has 4 nitrogen and oxygen atoms in total. The molecular weight excluding hydrogens is 178 g/mol. The average Bonchev–Trinajstić information content (AvgIpc) is 2.16. The van der Waals surface area contributed by atoms with E-state index in [0.717, 1.165) is 25.6 Å². The van der Waals surface area contributed by atoms with Crippen LogP contribution in [0, 0.1) is 5.92 Å². The van der Waals surface area contributed by atoms with E-state index in [4.69, 9.17) is 5.11 Å². The lowest BCUT2D eigenvalue weighted by Crippen LogP contribution is -2.54. The summed E-state index contributed by atoms with van der Waals surface area (Å²) in [5, 5.41) is 12.1. The molecule has 0 amide bonds. The molecule has 2 fully saturated rings. The van der Waals surface area contributed by atoms with Gasteiger partial charge in [-0.25, -0.2) is 0 Å². The van der Waals surface area contributed by atoms with Gasteiger partial charge in [0.05, 0.1) is 6.61 Å². The van der Waals surface area contributed by atoms with Crippen LogP contribution in [0.1, 0.15) is 0 Å². The second kappa shape index (κ2) is 5.07. The van der Waals surface area contributed by atoms with Crippen molar-refractivity contribution in [3.8, 4) is 0 Å². The highest BCUT2D eigenvalue weighted by molar-refractivity contribution is 4.83. The number of rotatable bonds is 4. The molecule has 2 rings (SSSR count). The van der Waals surface area contributed by atoms with Crippen LogP contribution >= 0.6 is 0 Å². The minimum Gasteiger partial charge on any atom is -0.395 e. The van der Waals surface area contributed by atoms with E-state index in [1.807, 2.05) is 0 Å². The van der Waals surface area contributed by atoms with Crippen LogP contribution in [0.2, 0.25) is 0 Å². The molecule has 2 heterocycles. The molecule has 0 aromatic rings. The monoisotopic (exact) mass is 199 g/mol. The normalized spacial score (nSPS) is 26.4. The van der Waals surface area contributed by atoms with E-state index in [9.17, 15) is 0 Å². The predicted octanol–water partition coefficient (Wildman–Crippen LogP) is -1.18. The number of nitrogens with zero attached hydrogens (tertiary/aromatic N) is 2. The average molecular weight is 199 g/mol. The number of hydrogen-bond donors (Lipinski definition) is 2. The van der Waals surface area contributed by atoms with Crippen molar-refractivity contribution in [2.45, 2.75) is 0 Å². The molecule has 0 unspecified atom stereocenters. The summed E-state index contributed by atoms with van der Waals surface area (Å²) in [5.74, 6) is 0.847. The molecule has 82 valence electrons. The van der Waals surface area contributed by atoms with Crippen molar-refractivity contribution in [1.29, 1.82) is 0 Å². The molecule has 2 aliphatic rings. The van der Waals surface area contributed by atoms with Gasteiger partial charge in [-0.2, -0.15) is 0 Å². The largest absolute Gasteiger partial charge is 0.395 e. The van der Waals surface area contributed by atoms with Gasteiger partial charge in [0.25, 0.3) is 0 Å². The number of aliphatic hydroxyl groups is 1. The maximum absolute atomic E-state index is 8.75. The Morgan fingerprint density at radius 3 is 2.50 bits per heavy atom. The fraction of sp³-hybridized carbons (Fsp3) is 1.00. The summed E-state index contributed by atoms with van der Waals surface area (Å²) in [6.45, 7) is 9.49. The Labute approximate surface area is 85.9 Å². The van der Waals surface area contributed by atoms with Crippen LogP contribution in [-0.2, 0) is 0 Å². The van der Waals surface area contributed by atoms with Gasteiger partial charge in [0.1, 0.15) is 0 Å². The molecule has 14 heavy (non-hydrogen) atoms. The van der Waals surface area contributed by atoms with Gasteiger partial charge in [-0.3, -0.25) is 0 Å². The number of likely N-dealkylation sites (tertiary alicyclic amines) is 1. The Hall–Kier alpha value is -0.160. The van der Waals surface area contributed by atoms with Gasteiger partial charge in [0.2, 0.25) is 0 Å². The fourth-order valence-electron chi connectivity index (χ4n) is 2.38. The summed E-state index contributed by atoms with van der Waals surface area (Å²) in [6, 6.07) is 0. The van der Waals surface area contributed by atoms with Crippen LogP contribution in [0.4, 0.5) is 0 Å². The summed E-state index contributed by atoms with van der Waals surface area (Å²) >= 11 is 0. The SMILES string of the molecule is OCCN1CC(CN2CCNCC2)C1. The van der Waals surface area contributed by atoms with E-state index in [0.29, 0.717) is 6.61 Å². The molecule has 0 radical (unpaired) electrons. The second-order valence-electron chi connectivity index (χ2n) is 4.40. The molecule has 2 saturated heterocycles. The second-order valence-corrected chi connectivity index (χ2v) is 4.40. The smallest absolute Gasteiger partial charge is 0.0558 e. The highest BCUT2D eigenvalue weighted by Crippen LogP contribution is 2.16. The van der Waals surface area contributed by atoms with Crippen molar-refractivity contribution >= 4 is 0 Å². The topological polar surface area (TPSA) is 38.7 Å². The molecular formula is C10H21N3O. The lowest BCUT2D eigenvalue weighted by atomic mass is 9.99. The third-order valence-corrected chi connectivity index (χ3v) is 3.18. The Morgan fingerprint density at radius 2 is 1.86 bits per heavy atom. The zero-order valence-corrected chi connectivity index (χ0v) is 8.78. The maximum Gasteiger partial charge on any atom is 0.0558 e. The molecule has 2 aliphatic heterocycles. The van der Waals surface area contributed by atoms with Crippen molar-refractivity contribution in [2.75, 3.05) is 59.0 Å². The van der Waals surface area contributed by atoms with Crippen molar-refractivity contribution in [3.05, 3.63) is 0 Å². The van der Waals surface area contributed by atoms with Gasteiger partial charge in [0.15, 0.2) is 0 Å². The molecule has 0 saturated carbocycles. The molecule has 0 aliphatic carbocycles. The molecule has 0 spiro atoms. The first kappa shape index (κ1) is 10.4. The summed E-state index contributed by atoms with van der Waals surface area (Å²) in [7, 11) is 0. The molecule has 4 heteroatoms. The van der Waals surface area contributed by atoms with Crippen LogP contribution in [0.5, 0.6) is 0 Å². The van der Waals surface area contributed by atoms with E-state index >= 15 is 0 Å². The lowest BCUT2D eigenvalue weighted by Gasteiger charge is -2.42. The Morgan fingerprint density at radius 1 is 1.14 bits per heavy atom. The predicted molar refractivity (Wildman–Crippen MR) is 56.3 cm³/mol. The third kappa shape index (κ3) is 2.67. The van der Waals surface area contributed by atoms with E-state index < -0.39 is 0 Å². The first-order valence-electron chi connectivity index (χ1n) is 5.65. The van der Waals surface area contributed by atoms with Gasteiger partial charge >= 0.3 is 0 Å². The van der Waals surface area contributed by atoms with Crippen molar-refractivity contribution in [1.82, 2.24) is 15.1 Å². The zero-order chi connectivity index (χ0) is 9.80. The molecule has 0 aromatic heterocycles. The Kier molecular flexibility index (Phi) is 3.75.